The summed E-state index contributed by atoms with van der Waals surface area (Å²) in [6.45, 7) is 8.00. The minimum atomic E-state index is -1.29. The van der Waals surface area contributed by atoms with Gasteiger partial charge in [-0.05, 0) is 45.1 Å². The van der Waals surface area contributed by atoms with Crippen molar-refractivity contribution in [1.82, 2.24) is 36.6 Å². The summed E-state index contributed by atoms with van der Waals surface area (Å²) in [5.41, 5.74) is -1.29. The number of amides is 4. The normalized spacial score (nSPS) is 26.8. The highest BCUT2D eigenvalue weighted by atomic mass is 16.2. The van der Waals surface area contributed by atoms with Gasteiger partial charge in [0.2, 0.25) is 23.6 Å². The Labute approximate surface area is 255 Å². The average molecular weight is 602 g/mol. The van der Waals surface area contributed by atoms with Crippen molar-refractivity contribution in [2.24, 2.45) is 17.8 Å². The van der Waals surface area contributed by atoms with Crippen molar-refractivity contribution in [3.8, 4) is 0 Å². The molecule has 1 aromatic heterocycles. The van der Waals surface area contributed by atoms with Crippen molar-refractivity contribution in [2.45, 2.75) is 116 Å². The predicted octanol–water partition coefficient (Wildman–Crippen LogP) is 1.87. The standard InChI is InChI=1S/C31H51N7O5/c1-5-23-30(43)37-24(17-21-9-7-6-8-10-21)29(42)35-14-12-31(4,38-27(40)20(2)3)25(39)18-22(28(41)36-23)11-13-32-19-26-33-15-16-34-26/h15-16,20-24,32H,5-14,17-19H2,1-4H3,(H,33,34)(H,35,42)(H,36,41)(H,37,43)(H,38,40)/t22-,23+,24-,31-/m1/s1. The van der Waals surface area contributed by atoms with Gasteiger partial charge in [0.05, 0.1) is 12.1 Å². The minimum absolute atomic E-state index is 0.126. The van der Waals surface area contributed by atoms with Crippen molar-refractivity contribution >= 4 is 29.4 Å². The summed E-state index contributed by atoms with van der Waals surface area (Å²) in [7, 11) is 0. The van der Waals surface area contributed by atoms with E-state index < -0.39 is 35.4 Å². The van der Waals surface area contributed by atoms with Gasteiger partial charge in [-0.15, -0.1) is 0 Å². The Kier molecular flexibility index (Phi) is 13.2. The van der Waals surface area contributed by atoms with Gasteiger partial charge >= 0.3 is 0 Å². The highest BCUT2D eigenvalue weighted by Crippen LogP contribution is 2.28. The Morgan fingerprint density at radius 1 is 1.05 bits per heavy atom. The number of rotatable bonds is 10. The van der Waals surface area contributed by atoms with Crippen LogP contribution in [0.25, 0.3) is 0 Å². The summed E-state index contributed by atoms with van der Waals surface area (Å²) < 4.78 is 0. The molecule has 1 saturated heterocycles. The lowest BCUT2D eigenvalue weighted by Crippen LogP contribution is -2.58. The fraction of sp³-hybridized carbons (Fsp3) is 0.742. The van der Waals surface area contributed by atoms with Crippen LogP contribution >= 0.6 is 0 Å². The molecule has 6 N–H and O–H groups in total. The second-order valence-corrected chi connectivity index (χ2v) is 12.6. The third kappa shape index (κ3) is 10.4. The van der Waals surface area contributed by atoms with Crippen LogP contribution in [0.2, 0.25) is 0 Å². The summed E-state index contributed by atoms with van der Waals surface area (Å²) in [6.07, 6.45) is 10.0. The molecule has 1 aliphatic carbocycles. The molecule has 1 saturated carbocycles. The van der Waals surface area contributed by atoms with E-state index in [0.29, 0.717) is 38.3 Å². The number of carbonyl (C=O) groups is 5. The van der Waals surface area contributed by atoms with Gasteiger partial charge in [-0.1, -0.05) is 52.9 Å². The van der Waals surface area contributed by atoms with E-state index in [9.17, 15) is 24.0 Å². The first-order valence-corrected chi connectivity index (χ1v) is 15.9. The lowest BCUT2D eigenvalue weighted by molar-refractivity contribution is -0.137. The van der Waals surface area contributed by atoms with E-state index in [0.717, 1.165) is 31.5 Å². The molecule has 1 aromatic rings. The summed E-state index contributed by atoms with van der Waals surface area (Å²) >= 11 is 0. The molecule has 2 heterocycles. The van der Waals surface area contributed by atoms with Gasteiger partial charge < -0.3 is 31.6 Å². The number of carbonyl (C=O) groups excluding carboxylic acids is 5. The third-order valence-electron chi connectivity index (χ3n) is 8.75. The van der Waals surface area contributed by atoms with Crippen LogP contribution in [0.4, 0.5) is 0 Å². The van der Waals surface area contributed by atoms with Crippen LogP contribution < -0.4 is 26.6 Å². The summed E-state index contributed by atoms with van der Waals surface area (Å²) in [5, 5.41) is 14.8. The number of imidazole rings is 1. The fourth-order valence-electron chi connectivity index (χ4n) is 5.80. The molecule has 240 valence electrons. The van der Waals surface area contributed by atoms with E-state index in [4.69, 9.17) is 0 Å². The predicted molar refractivity (Wildman–Crippen MR) is 162 cm³/mol. The number of ketones is 1. The number of hydrogen-bond donors (Lipinski definition) is 6. The van der Waals surface area contributed by atoms with Crippen LogP contribution in [0.5, 0.6) is 0 Å². The van der Waals surface area contributed by atoms with E-state index in [2.05, 4.69) is 36.6 Å². The largest absolute Gasteiger partial charge is 0.354 e. The molecule has 0 unspecified atom stereocenters. The number of aromatic nitrogens is 2. The van der Waals surface area contributed by atoms with Crippen LogP contribution in [0.15, 0.2) is 12.4 Å². The molecule has 12 heteroatoms. The second kappa shape index (κ2) is 16.5. The highest BCUT2D eigenvalue weighted by Gasteiger charge is 2.39. The zero-order valence-corrected chi connectivity index (χ0v) is 26.2. The Hall–Kier alpha value is -3.28. The average Bonchev–Trinajstić information content (AvgIpc) is 3.50. The van der Waals surface area contributed by atoms with Gasteiger partial charge in [-0.3, -0.25) is 24.0 Å². The minimum Gasteiger partial charge on any atom is -0.354 e. The maximum Gasteiger partial charge on any atom is 0.243 e. The fourth-order valence-corrected chi connectivity index (χ4v) is 5.80. The van der Waals surface area contributed by atoms with Crippen LogP contribution in [0.1, 0.15) is 97.7 Å². The molecule has 4 atom stereocenters. The van der Waals surface area contributed by atoms with Crippen LogP contribution in [-0.2, 0) is 30.5 Å². The maximum absolute atomic E-state index is 13.8. The van der Waals surface area contributed by atoms with Crippen molar-refractivity contribution in [3.63, 3.8) is 0 Å². The smallest absolute Gasteiger partial charge is 0.243 e. The molecular formula is C31H51N7O5. The number of H-pyrrole nitrogens is 1. The van der Waals surface area contributed by atoms with Gasteiger partial charge in [-0.25, -0.2) is 4.98 Å². The van der Waals surface area contributed by atoms with Crippen molar-refractivity contribution < 1.29 is 24.0 Å². The van der Waals surface area contributed by atoms with Crippen molar-refractivity contribution in [1.29, 1.82) is 0 Å². The second-order valence-electron chi connectivity index (χ2n) is 12.6. The quantitative estimate of drug-likeness (QED) is 0.222. The first-order chi connectivity index (χ1) is 20.5. The van der Waals surface area contributed by atoms with Gasteiger partial charge in [0.1, 0.15) is 17.9 Å². The summed E-state index contributed by atoms with van der Waals surface area (Å²) in [6, 6.07) is -1.60. The molecule has 43 heavy (non-hydrogen) atoms. The number of nitrogens with one attached hydrogen (secondary N) is 6. The Bertz CT molecular complexity index is 1090. The number of aromatic amines is 1. The van der Waals surface area contributed by atoms with Crippen LogP contribution in [-0.4, -0.2) is 70.1 Å². The van der Waals surface area contributed by atoms with Crippen molar-refractivity contribution in [2.75, 3.05) is 13.1 Å². The summed E-state index contributed by atoms with van der Waals surface area (Å²) in [4.78, 5) is 74.2. The molecule has 1 aliphatic heterocycles. The zero-order chi connectivity index (χ0) is 31.4. The van der Waals surface area contributed by atoms with E-state index in [1.54, 1.807) is 40.1 Å². The molecule has 3 rings (SSSR count). The van der Waals surface area contributed by atoms with Gasteiger partial charge in [0, 0.05) is 37.2 Å². The topological polar surface area (TPSA) is 174 Å². The molecule has 0 spiro atoms. The molecule has 2 fully saturated rings. The van der Waals surface area contributed by atoms with Gasteiger partial charge in [0.15, 0.2) is 5.78 Å². The monoisotopic (exact) mass is 601 g/mol. The third-order valence-corrected chi connectivity index (χ3v) is 8.75. The Morgan fingerprint density at radius 3 is 2.42 bits per heavy atom. The van der Waals surface area contributed by atoms with E-state index in [1.165, 1.54) is 6.42 Å². The molecular weight excluding hydrogens is 550 g/mol. The molecule has 2 aliphatic rings. The molecule has 4 amide bonds. The molecule has 0 aromatic carbocycles. The molecule has 12 nitrogen and oxygen atoms in total. The van der Waals surface area contributed by atoms with E-state index >= 15 is 0 Å². The molecule has 0 bridgehead atoms. The Morgan fingerprint density at radius 2 is 1.77 bits per heavy atom. The zero-order valence-electron chi connectivity index (χ0n) is 26.2. The van der Waals surface area contributed by atoms with Gasteiger partial charge in [-0.2, -0.15) is 0 Å². The first-order valence-electron chi connectivity index (χ1n) is 15.9. The van der Waals surface area contributed by atoms with Gasteiger partial charge in [0.25, 0.3) is 0 Å². The van der Waals surface area contributed by atoms with Crippen molar-refractivity contribution in [3.05, 3.63) is 18.2 Å². The number of hydrogen-bond acceptors (Lipinski definition) is 7. The first kappa shape index (κ1) is 34.2. The van der Waals surface area contributed by atoms with E-state index in [1.807, 2.05) is 0 Å². The summed E-state index contributed by atoms with van der Waals surface area (Å²) in [5.74, 6) is -1.70. The lowest BCUT2D eigenvalue weighted by Gasteiger charge is -2.33. The Balaban J connectivity index is 1.84. The highest BCUT2D eigenvalue weighted by molar-refractivity contribution is 5.97. The SMILES string of the molecule is CC[C@@H]1NC(=O)[C@H](CCNCc2ncc[nH]2)CC(=O)[C@](C)(NC(=O)C(C)C)CCNC(=O)[C@@H](CC2CCCCC2)NC1=O. The molecule has 0 radical (unpaired) electrons. The number of Topliss-reactive ketones (excluding diaryl/α,β-unsaturated/α-hetero) is 1. The van der Waals surface area contributed by atoms with E-state index in [-0.39, 0.29) is 42.9 Å². The number of nitrogens with zero attached hydrogens (tertiary/aromatic N) is 1. The maximum atomic E-state index is 13.8. The lowest BCUT2D eigenvalue weighted by atomic mass is 9.83. The van der Waals surface area contributed by atoms with Crippen LogP contribution in [0.3, 0.4) is 0 Å². The van der Waals surface area contributed by atoms with Crippen LogP contribution in [0, 0.1) is 17.8 Å².